The molecule has 0 radical (unpaired) electrons. The number of carbonyl (C=O) groups is 1. The highest BCUT2D eigenvalue weighted by atomic mass is 32.2. The lowest BCUT2D eigenvalue weighted by atomic mass is 10.1. The minimum Gasteiger partial charge on any atom is -0.481 e. The van der Waals surface area contributed by atoms with Gasteiger partial charge in [0.05, 0.1) is 5.75 Å². The van der Waals surface area contributed by atoms with Gasteiger partial charge in [0.15, 0.2) is 0 Å². The lowest BCUT2D eigenvalue weighted by molar-refractivity contribution is -0.134. The van der Waals surface area contributed by atoms with Crippen LogP contribution in [0.15, 0.2) is 18.2 Å². The predicted octanol–water partition coefficient (Wildman–Crippen LogP) is 0.594. The van der Waals surface area contributed by atoms with E-state index in [1.54, 1.807) is 0 Å². The molecule has 0 aliphatic rings. The third kappa shape index (κ3) is 7.55. The number of carboxylic acids is 1. The summed E-state index contributed by atoms with van der Waals surface area (Å²) in [5.41, 5.74) is 8.23. The summed E-state index contributed by atoms with van der Waals surface area (Å²) in [5.74, 6) is -0.849. The molecule has 4 N–H and O–H groups in total. The number of aliphatic carboxylic acids is 1. The van der Waals surface area contributed by atoms with Crippen molar-refractivity contribution in [2.24, 2.45) is 5.73 Å². The van der Waals surface area contributed by atoms with Gasteiger partial charge >= 0.3 is 0 Å². The highest BCUT2D eigenvalue weighted by Crippen LogP contribution is 2.13. The second-order valence-electron chi connectivity index (χ2n) is 3.96. The van der Waals surface area contributed by atoms with Crippen LogP contribution in [0.4, 0.5) is 0 Å². The fourth-order valence-electron chi connectivity index (χ4n) is 1.37. The summed E-state index contributed by atoms with van der Waals surface area (Å²) in [6, 6.07) is 5.66. The average Bonchev–Trinajstić information content (AvgIpc) is 2.28. The molecule has 1 rings (SSSR count). The second kappa shape index (κ2) is 7.88. The lowest BCUT2D eigenvalue weighted by Crippen LogP contribution is -2.21. The van der Waals surface area contributed by atoms with Crippen molar-refractivity contribution in [2.75, 3.05) is 7.05 Å². The maximum absolute atomic E-state index is 11.4. The van der Waals surface area contributed by atoms with Crippen LogP contribution in [0.5, 0.6) is 0 Å². The largest absolute Gasteiger partial charge is 0.481 e. The van der Waals surface area contributed by atoms with Crippen LogP contribution in [0.3, 0.4) is 0 Å². The molecule has 0 aliphatic heterocycles. The zero-order chi connectivity index (χ0) is 15.1. The van der Waals surface area contributed by atoms with E-state index in [-0.39, 0.29) is 5.75 Å². The Bertz CT molecular complexity index is 523. The molecule has 0 aliphatic carbocycles. The summed E-state index contributed by atoms with van der Waals surface area (Å²) in [4.78, 5) is 9.00. The molecule has 7 heteroatoms. The Morgan fingerprint density at radius 1 is 1.37 bits per heavy atom. The van der Waals surface area contributed by atoms with E-state index in [2.05, 4.69) is 4.72 Å². The van der Waals surface area contributed by atoms with E-state index < -0.39 is 16.0 Å². The van der Waals surface area contributed by atoms with E-state index in [9.17, 15) is 8.42 Å². The minimum absolute atomic E-state index is 0.0162. The molecule has 0 atom stereocenters. The maximum Gasteiger partial charge on any atom is 0.300 e. The van der Waals surface area contributed by atoms with Crippen LogP contribution < -0.4 is 10.5 Å². The van der Waals surface area contributed by atoms with Crippen molar-refractivity contribution in [3.8, 4) is 0 Å². The topological polar surface area (TPSA) is 109 Å². The highest BCUT2D eigenvalue weighted by Gasteiger charge is 2.11. The average molecular weight is 288 g/mol. The van der Waals surface area contributed by atoms with Crippen molar-refractivity contribution in [1.82, 2.24) is 4.72 Å². The van der Waals surface area contributed by atoms with Crippen LogP contribution in [0, 0.1) is 6.92 Å². The fourth-order valence-corrected chi connectivity index (χ4v) is 2.19. The number of aryl methyl sites for hydroxylation is 1. The number of benzene rings is 1. The van der Waals surface area contributed by atoms with E-state index in [0.29, 0.717) is 6.54 Å². The summed E-state index contributed by atoms with van der Waals surface area (Å²) in [6.45, 7) is 3.37. The second-order valence-corrected chi connectivity index (χ2v) is 5.88. The molecule has 19 heavy (non-hydrogen) atoms. The summed E-state index contributed by atoms with van der Waals surface area (Å²) >= 11 is 0. The third-order valence-corrected chi connectivity index (χ3v) is 3.55. The summed E-state index contributed by atoms with van der Waals surface area (Å²) < 4.78 is 25.1. The molecule has 0 spiro atoms. The lowest BCUT2D eigenvalue weighted by Gasteiger charge is -2.09. The molecule has 1 aromatic carbocycles. The van der Waals surface area contributed by atoms with Gasteiger partial charge in [0, 0.05) is 13.5 Å². The van der Waals surface area contributed by atoms with Gasteiger partial charge < -0.3 is 10.8 Å². The van der Waals surface area contributed by atoms with Crippen molar-refractivity contribution < 1.29 is 18.3 Å². The van der Waals surface area contributed by atoms with Crippen LogP contribution in [-0.4, -0.2) is 26.5 Å². The molecule has 0 amide bonds. The first-order chi connectivity index (χ1) is 8.71. The van der Waals surface area contributed by atoms with E-state index in [4.69, 9.17) is 15.6 Å². The van der Waals surface area contributed by atoms with Crippen LogP contribution in [0.2, 0.25) is 0 Å². The zero-order valence-corrected chi connectivity index (χ0v) is 12.1. The Labute approximate surface area is 113 Å². The molecule has 6 nitrogen and oxygen atoms in total. The number of hydrogen-bond donors (Lipinski definition) is 3. The number of nitrogens with two attached hydrogens (primary N) is 1. The Morgan fingerprint density at radius 3 is 2.32 bits per heavy atom. The zero-order valence-electron chi connectivity index (χ0n) is 11.3. The van der Waals surface area contributed by atoms with Crippen LogP contribution >= 0.6 is 0 Å². The van der Waals surface area contributed by atoms with Gasteiger partial charge in [-0.05, 0) is 25.1 Å². The van der Waals surface area contributed by atoms with E-state index >= 15 is 0 Å². The van der Waals surface area contributed by atoms with Crippen molar-refractivity contribution in [3.05, 3.63) is 34.9 Å². The van der Waals surface area contributed by atoms with Gasteiger partial charge in [-0.25, -0.2) is 13.1 Å². The summed E-state index contributed by atoms with van der Waals surface area (Å²) in [6.07, 6.45) is 0. The molecule has 1 aromatic rings. The Balaban J connectivity index is 0.000000711. The molecule has 0 heterocycles. The first-order valence-electron chi connectivity index (χ1n) is 5.61. The minimum atomic E-state index is -3.23. The predicted molar refractivity (Wildman–Crippen MR) is 74.1 cm³/mol. The summed E-state index contributed by atoms with van der Waals surface area (Å²) in [5, 5.41) is 7.42. The first kappa shape index (κ1) is 17.6. The maximum atomic E-state index is 11.4. The van der Waals surface area contributed by atoms with Gasteiger partial charge in [-0.2, -0.15) is 0 Å². The fraction of sp³-hybridized carbons (Fsp3) is 0.417. The molecular formula is C12H20N2O4S. The normalized spacial score (nSPS) is 10.5. The van der Waals surface area contributed by atoms with Crippen molar-refractivity contribution in [3.63, 3.8) is 0 Å². The molecule has 0 saturated carbocycles. The summed E-state index contributed by atoms with van der Waals surface area (Å²) in [7, 11) is -1.82. The van der Waals surface area contributed by atoms with Gasteiger partial charge in [-0.15, -0.1) is 0 Å². The van der Waals surface area contributed by atoms with Gasteiger partial charge in [0.1, 0.15) is 0 Å². The molecular weight excluding hydrogens is 268 g/mol. The van der Waals surface area contributed by atoms with Crippen molar-refractivity contribution in [2.45, 2.75) is 26.1 Å². The van der Waals surface area contributed by atoms with E-state index in [1.165, 1.54) is 7.05 Å². The molecule has 0 saturated heterocycles. The molecule has 0 aromatic heterocycles. The Morgan fingerprint density at radius 2 is 1.89 bits per heavy atom. The smallest absolute Gasteiger partial charge is 0.300 e. The van der Waals surface area contributed by atoms with Crippen LogP contribution in [-0.2, 0) is 27.1 Å². The number of rotatable bonds is 4. The van der Waals surface area contributed by atoms with Gasteiger partial charge in [-0.3, -0.25) is 4.79 Å². The molecule has 108 valence electrons. The van der Waals surface area contributed by atoms with E-state index in [0.717, 1.165) is 23.6 Å². The molecule has 0 fully saturated rings. The monoisotopic (exact) mass is 288 g/mol. The number of sulfonamides is 1. The Hall–Kier alpha value is -1.44. The van der Waals surface area contributed by atoms with Crippen LogP contribution in [0.25, 0.3) is 0 Å². The van der Waals surface area contributed by atoms with E-state index in [1.807, 2.05) is 25.1 Å². The van der Waals surface area contributed by atoms with Crippen LogP contribution in [0.1, 0.15) is 23.6 Å². The van der Waals surface area contributed by atoms with Gasteiger partial charge in [0.2, 0.25) is 10.0 Å². The SMILES string of the molecule is CC(=O)O.CNS(=O)(=O)Cc1cc(C)ccc1CN. The first-order valence-corrected chi connectivity index (χ1v) is 7.26. The highest BCUT2D eigenvalue weighted by molar-refractivity contribution is 7.88. The van der Waals surface area contributed by atoms with Crippen molar-refractivity contribution in [1.29, 1.82) is 0 Å². The van der Waals surface area contributed by atoms with Crippen molar-refractivity contribution >= 4 is 16.0 Å². The number of nitrogens with one attached hydrogen (secondary N) is 1. The number of hydrogen-bond acceptors (Lipinski definition) is 4. The number of carboxylic acid groups (broad SMARTS) is 1. The third-order valence-electron chi connectivity index (χ3n) is 2.24. The van der Waals surface area contributed by atoms with Gasteiger partial charge in [0.25, 0.3) is 5.97 Å². The Kier molecular flexibility index (Phi) is 7.28. The van der Waals surface area contributed by atoms with Gasteiger partial charge in [-0.1, -0.05) is 23.8 Å². The standard InChI is InChI=1S/C10H16N2O2S.C2H4O2/c1-8-3-4-9(6-11)10(5-8)7-15(13,14)12-2;1-2(3)4/h3-5,12H,6-7,11H2,1-2H3;1H3,(H,3,4). The molecule has 0 unspecified atom stereocenters. The molecule has 0 bridgehead atoms. The quantitative estimate of drug-likeness (QED) is 0.751.